The molecule has 0 aliphatic carbocycles. The molecule has 0 amide bonds. The first-order chi connectivity index (χ1) is 18.4. The van der Waals surface area contributed by atoms with Crippen molar-refractivity contribution in [1.29, 1.82) is 0 Å². The van der Waals surface area contributed by atoms with E-state index in [1.165, 1.54) is 205 Å². The van der Waals surface area contributed by atoms with E-state index < -0.39 is 0 Å². The summed E-state index contributed by atoms with van der Waals surface area (Å²) in [6.45, 7) is 3.92. The van der Waals surface area contributed by atoms with Crippen LogP contribution in [0.15, 0.2) is 0 Å². The molecule has 0 nitrogen and oxygen atoms in total. The molecule has 0 N–H and O–H groups in total. The van der Waals surface area contributed by atoms with Crippen molar-refractivity contribution in [2.24, 2.45) is 0 Å². The summed E-state index contributed by atoms with van der Waals surface area (Å²) in [4.78, 5) is 0. The van der Waals surface area contributed by atoms with Crippen LogP contribution in [-0.2, 0) is 0 Å². The highest BCUT2D eigenvalue weighted by atomic mass is 14.0. The lowest BCUT2D eigenvalue weighted by molar-refractivity contribution is 0.512. The molecule has 0 saturated carbocycles. The average Bonchev–Trinajstić information content (AvgIpc) is 2.91. The monoisotopic (exact) mass is 515 g/mol. The van der Waals surface area contributed by atoms with Gasteiger partial charge in [0.15, 0.2) is 0 Å². The first-order valence-electron chi connectivity index (χ1n) is 17.6. The van der Waals surface area contributed by atoms with Gasteiger partial charge in [-0.15, -0.1) is 0 Å². The third kappa shape index (κ3) is 35.6. The van der Waals surface area contributed by atoms with Crippen molar-refractivity contribution in [3.05, 3.63) is 13.3 Å². The highest BCUT2D eigenvalue weighted by Gasteiger charge is 1.97. The van der Waals surface area contributed by atoms with E-state index in [4.69, 9.17) is 6.42 Å². The summed E-state index contributed by atoms with van der Waals surface area (Å²) in [5.41, 5.74) is 0. The largest absolute Gasteiger partial charge is 0.0891 e. The molecule has 0 unspecified atom stereocenters. The fourth-order valence-corrected chi connectivity index (χ4v) is 5.69. The van der Waals surface area contributed by atoms with Crippen LogP contribution in [0.2, 0.25) is 0 Å². The quantitative estimate of drug-likeness (QED) is 0.0603. The fourth-order valence-electron chi connectivity index (χ4n) is 5.69. The molecule has 0 aromatic carbocycles. The van der Waals surface area contributed by atoms with Crippen LogP contribution in [0.1, 0.15) is 218 Å². The van der Waals surface area contributed by atoms with Gasteiger partial charge in [0.05, 0.1) is 0 Å². The summed E-state index contributed by atoms with van der Waals surface area (Å²) in [6.07, 6.45) is 55.1. The summed E-state index contributed by atoms with van der Waals surface area (Å²) >= 11 is 0. The highest BCUT2D eigenvalue weighted by molar-refractivity contribution is 4.74. The van der Waals surface area contributed by atoms with Crippen molar-refractivity contribution >= 4 is 0 Å². The summed E-state index contributed by atoms with van der Waals surface area (Å²) < 4.78 is 0. The van der Waals surface area contributed by atoms with Crippen LogP contribution in [-0.4, -0.2) is 0 Å². The molecule has 0 aromatic rings. The van der Waals surface area contributed by atoms with Gasteiger partial charge in [-0.2, -0.15) is 0 Å². The van der Waals surface area contributed by atoms with E-state index in [0.717, 1.165) is 12.8 Å². The molecule has 2 radical (unpaired) electrons. The third-order valence-electron chi connectivity index (χ3n) is 8.30. The van der Waals surface area contributed by atoms with Crippen molar-refractivity contribution in [3.8, 4) is 5.92 Å². The van der Waals surface area contributed by atoms with Crippen LogP contribution in [0.25, 0.3) is 0 Å². The zero-order valence-electron chi connectivity index (χ0n) is 25.7. The maximum atomic E-state index is 6.91. The molecule has 0 bridgehead atoms. The van der Waals surface area contributed by atoms with Crippen molar-refractivity contribution < 1.29 is 0 Å². The second kappa shape index (κ2) is 35.6. The molecule has 0 heteroatoms. The maximum Gasteiger partial charge on any atom is 0.00989 e. The van der Waals surface area contributed by atoms with Crippen molar-refractivity contribution in [1.82, 2.24) is 0 Å². The van der Waals surface area contributed by atoms with Crippen LogP contribution in [0, 0.1) is 19.3 Å². The Kier molecular flexibility index (Phi) is 35.1. The molecular formula is C37H70. The molecule has 0 saturated heterocycles. The Morgan fingerprint density at radius 1 is 0.270 bits per heavy atom. The SMILES string of the molecule is [C]#CCCCCCCCCCCCCCCCCCCCCCCCCCCCCCCCCCC[CH2]. The zero-order chi connectivity index (χ0) is 26.7. The normalized spacial score (nSPS) is 11.2. The minimum Gasteiger partial charge on any atom is -0.0891 e. The van der Waals surface area contributed by atoms with E-state index in [0.29, 0.717) is 0 Å². The molecule has 0 aromatic heterocycles. The molecule has 0 rings (SSSR count). The van der Waals surface area contributed by atoms with Crippen LogP contribution in [0.4, 0.5) is 0 Å². The second-order valence-electron chi connectivity index (χ2n) is 12.1. The van der Waals surface area contributed by atoms with Gasteiger partial charge in [-0.25, -0.2) is 0 Å². The van der Waals surface area contributed by atoms with Crippen LogP contribution >= 0.6 is 0 Å². The van der Waals surface area contributed by atoms with Gasteiger partial charge in [0.1, 0.15) is 0 Å². The summed E-state index contributed by atoms with van der Waals surface area (Å²) in [5.74, 6) is 2.49. The van der Waals surface area contributed by atoms with Gasteiger partial charge in [-0.3, -0.25) is 0 Å². The molecule has 0 fully saturated rings. The number of unbranched alkanes of at least 4 members (excludes halogenated alkanes) is 33. The molecule has 218 valence electrons. The van der Waals surface area contributed by atoms with Gasteiger partial charge >= 0.3 is 0 Å². The predicted octanol–water partition coefficient (Wildman–Crippen LogP) is 13.7. The molecule has 37 heavy (non-hydrogen) atoms. The second-order valence-corrected chi connectivity index (χ2v) is 12.1. The fraction of sp³-hybridized carbons (Fsp3) is 0.919. The Labute approximate surface area is 237 Å². The van der Waals surface area contributed by atoms with Crippen molar-refractivity contribution in [3.63, 3.8) is 0 Å². The van der Waals surface area contributed by atoms with E-state index in [-0.39, 0.29) is 0 Å². The van der Waals surface area contributed by atoms with Gasteiger partial charge in [0, 0.05) is 6.42 Å². The van der Waals surface area contributed by atoms with Crippen molar-refractivity contribution in [2.75, 3.05) is 0 Å². The molecule has 0 atom stereocenters. The lowest BCUT2D eigenvalue weighted by atomic mass is 10.0. The van der Waals surface area contributed by atoms with Crippen LogP contribution in [0.5, 0.6) is 0 Å². The number of rotatable bonds is 33. The smallest absolute Gasteiger partial charge is 0.00989 e. The zero-order valence-corrected chi connectivity index (χ0v) is 25.7. The number of hydrogen-bond donors (Lipinski definition) is 0. The van der Waals surface area contributed by atoms with E-state index in [1.807, 2.05) is 0 Å². The van der Waals surface area contributed by atoms with Gasteiger partial charge < -0.3 is 0 Å². The van der Waals surface area contributed by atoms with Gasteiger partial charge in [-0.05, 0) is 12.8 Å². The highest BCUT2D eigenvalue weighted by Crippen LogP contribution is 2.17. The lowest BCUT2D eigenvalue weighted by Gasteiger charge is -2.05. The maximum absolute atomic E-state index is 6.91. The van der Waals surface area contributed by atoms with Gasteiger partial charge in [0.25, 0.3) is 0 Å². The Bertz CT molecular complexity index is 416. The summed E-state index contributed by atoms with van der Waals surface area (Å²) in [5, 5.41) is 0. The molecule has 0 aliphatic heterocycles. The van der Waals surface area contributed by atoms with E-state index in [2.05, 4.69) is 12.8 Å². The summed E-state index contributed by atoms with van der Waals surface area (Å²) in [6, 6.07) is 0. The topological polar surface area (TPSA) is 0 Å². The molecular weight excluding hydrogens is 444 g/mol. The van der Waals surface area contributed by atoms with Gasteiger partial charge in [-0.1, -0.05) is 218 Å². The number of hydrogen-bond acceptors (Lipinski definition) is 0. The Balaban J connectivity index is 3.01. The summed E-state index contributed by atoms with van der Waals surface area (Å²) in [7, 11) is 0. The van der Waals surface area contributed by atoms with Crippen molar-refractivity contribution in [2.45, 2.75) is 218 Å². The first-order valence-corrected chi connectivity index (χ1v) is 17.6. The van der Waals surface area contributed by atoms with E-state index in [9.17, 15) is 0 Å². The molecule has 0 aliphatic rings. The minimum atomic E-state index is 0.860. The van der Waals surface area contributed by atoms with E-state index in [1.54, 1.807) is 0 Å². The lowest BCUT2D eigenvalue weighted by Crippen LogP contribution is -1.85. The Morgan fingerprint density at radius 2 is 0.432 bits per heavy atom. The Morgan fingerprint density at radius 3 is 0.595 bits per heavy atom. The molecule has 0 heterocycles. The predicted molar refractivity (Wildman–Crippen MR) is 169 cm³/mol. The van der Waals surface area contributed by atoms with Crippen LogP contribution < -0.4 is 0 Å². The molecule has 0 spiro atoms. The van der Waals surface area contributed by atoms with Crippen LogP contribution in [0.3, 0.4) is 0 Å². The average molecular weight is 515 g/mol. The minimum absolute atomic E-state index is 0.860. The first kappa shape index (κ1) is 36.6. The van der Waals surface area contributed by atoms with Gasteiger partial charge in [0.2, 0.25) is 0 Å². The Hall–Kier alpha value is -0.440. The third-order valence-corrected chi connectivity index (χ3v) is 8.30. The van der Waals surface area contributed by atoms with E-state index >= 15 is 0 Å². The standard InChI is InChI=1S/C37H70/c1-3-5-7-9-11-13-15-17-19-21-23-25-27-29-31-33-35-37-36-34-32-30-28-26-24-22-20-18-16-14-12-10-8-6-4-2/h1,3,5-37H2.